The molecule has 5 heteroatoms. The molecule has 0 saturated heterocycles. The van der Waals surface area contributed by atoms with Gasteiger partial charge >= 0.3 is 0 Å². The Balaban J connectivity index is 0.00000289. The standard InChI is InChI=1S/C30H25NPS2.HI/c1-2-23-33-30-28(31-29(34-30)24-15-7-3-8-16-24)32(25-17-9-4-10-18-25,26-19-11-5-12-20-26)27-21-13-6-14-22-27;/h2-22H,1,23H2;1H/q+1;/p-1. The molecule has 0 spiro atoms. The summed E-state index contributed by atoms with van der Waals surface area (Å²) in [7, 11) is -2.24. The van der Waals surface area contributed by atoms with Crippen LogP contribution in [0.4, 0.5) is 0 Å². The quantitative estimate of drug-likeness (QED) is 0.114. The summed E-state index contributed by atoms with van der Waals surface area (Å²) in [4.78, 5) is 5.45. The fourth-order valence-corrected chi connectivity index (χ4v) is 11.3. The number of thiazole rings is 1. The molecule has 174 valence electrons. The predicted octanol–water partition coefficient (Wildman–Crippen LogP) is 3.71. The molecule has 0 radical (unpaired) electrons. The van der Waals surface area contributed by atoms with Crippen molar-refractivity contribution in [2.75, 3.05) is 5.75 Å². The van der Waals surface area contributed by atoms with E-state index in [1.807, 2.05) is 17.8 Å². The van der Waals surface area contributed by atoms with Gasteiger partial charge in [0.2, 0.25) is 5.44 Å². The van der Waals surface area contributed by atoms with Crippen LogP contribution in [0.5, 0.6) is 0 Å². The van der Waals surface area contributed by atoms with E-state index in [-0.39, 0.29) is 24.0 Å². The highest BCUT2D eigenvalue weighted by atomic mass is 127. The molecule has 0 saturated carbocycles. The molecule has 1 nitrogen and oxygen atoms in total. The second-order valence-corrected chi connectivity index (χ2v) is 13.4. The van der Waals surface area contributed by atoms with Gasteiger partial charge in [0.1, 0.15) is 25.1 Å². The summed E-state index contributed by atoms with van der Waals surface area (Å²) in [5, 5.41) is 5.02. The molecule has 0 aliphatic carbocycles. The summed E-state index contributed by atoms with van der Waals surface area (Å²) in [5.41, 5.74) is 2.35. The summed E-state index contributed by atoms with van der Waals surface area (Å²) in [6.45, 7) is 3.98. The molecule has 5 rings (SSSR count). The van der Waals surface area contributed by atoms with Crippen molar-refractivity contribution in [3.63, 3.8) is 0 Å². The topological polar surface area (TPSA) is 12.9 Å². The van der Waals surface area contributed by atoms with E-state index < -0.39 is 7.26 Å². The maximum absolute atomic E-state index is 5.45. The molecule has 1 heterocycles. The minimum Gasteiger partial charge on any atom is -1.00 e. The van der Waals surface area contributed by atoms with Crippen LogP contribution < -0.4 is 45.3 Å². The van der Waals surface area contributed by atoms with Crippen LogP contribution in [0.1, 0.15) is 0 Å². The maximum atomic E-state index is 5.45. The van der Waals surface area contributed by atoms with Gasteiger partial charge < -0.3 is 24.0 Å². The largest absolute Gasteiger partial charge is 1.00 e. The number of rotatable bonds is 8. The lowest BCUT2D eigenvalue weighted by Gasteiger charge is -2.26. The second kappa shape index (κ2) is 12.1. The monoisotopic (exact) mass is 621 g/mol. The first kappa shape index (κ1) is 25.8. The first-order valence-electron chi connectivity index (χ1n) is 11.2. The highest BCUT2D eigenvalue weighted by molar-refractivity contribution is 8.05. The van der Waals surface area contributed by atoms with E-state index in [1.54, 1.807) is 11.3 Å². The predicted molar refractivity (Wildman–Crippen MR) is 153 cm³/mol. The normalized spacial score (nSPS) is 11.0. The smallest absolute Gasteiger partial charge is 0.223 e. The fraction of sp³-hybridized carbons (Fsp3) is 0.0333. The van der Waals surface area contributed by atoms with Crippen molar-refractivity contribution in [1.82, 2.24) is 4.98 Å². The Morgan fingerprint density at radius 3 is 1.54 bits per heavy atom. The molecule has 5 aromatic rings. The van der Waals surface area contributed by atoms with Crippen molar-refractivity contribution >= 4 is 51.7 Å². The Morgan fingerprint density at radius 2 is 1.11 bits per heavy atom. The van der Waals surface area contributed by atoms with Crippen molar-refractivity contribution in [1.29, 1.82) is 0 Å². The van der Waals surface area contributed by atoms with E-state index in [9.17, 15) is 0 Å². The number of hydrogen-bond donors (Lipinski definition) is 0. The van der Waals surface area contributed by atoms with Gasteiger partial charge in [0.05, 0.1) is 0 Å². The molecule has 4 aromatic carbocycles. The third-order valence-corrected chi connectivity index (χ3v) is 12.5. The minimum atomic E-state index is -2.24. The van der Waals surface area contributed by atoms with Crippen LogP contribution >= 0.6 is 30.4 Å². The fourth-order valence-electron chi connectivity index (χ4n) is 4.21. The SMILES string of the molecule is C=CCSc1sc(-c2ccccc2)nc1[P+](c1ccccc1)(c1ccccc1)c1ccccc1.[I-]. The summed E-state index contributed by atoms with van der Waals surface area (Å²) < 4.78 is 1.27. The van der Waals surface area contributed by atoms with Crippen LogP contribution in [-0.2, 0) is 0 Å². The lowest BCUT2D eigenvalue weighted by atomic mass is 10.2. The number of benzene rings is 4. The molecule has 35 heavy (non-hydrogen) atoms. The molecular formula is C30H25INPS2. The molecule has 0 bridgehead atoms. The van der Waals surface area contributed by atoms with Gasteiger partial charge in [0.15, 0.2) is 7.26 Å². The summed E-state index contributed by atoms with van der Waals surface area (Å²) in [6.07, 6.45) is 1.98. The zero-order valence-electron chi connectivity index (χ0n) is 19.1. The van der Waals surface area contributed by atoms with Crippen LogP contribution in [0.3, 0.4) is 0 Å². The van der Waals surface area contributed by atoms with Crippen molar-refractivity contribution in [2.45, 2.75) is 4.21 Å². The van der Waals surface area contributed by atoms with E-state index in [4.69, 9.17) is 4.98 Å². The maximum Gasteiger partial charge on any atom is 0.223 e. The van der Waals surface area contributed by atoms with Crippen LogP contribution in [-0.4, -0.2) is 10.7 Å². The average molecular weight is 622 g/mol. The molecule has 0 unspecified atom stereocenters. The molecule has 1 aromatic heterocycles. The van der Waals surface area contributed by atoms with Gasteiger partial charge in [-0.2, -0.15) is 4.98 Å². The number of nitrogens with zero attached hydrogens (tertiary/aromatic N) is 1. The lowest BCUT2D eigenvalue weighted by Crippen LogP contribution is -3.00. The first-order valence-corrected chi connectivity index (χ1v) is 14.8. The van der Waals surface area contributed by atoms with Gasteiger partial charge in [0, 0.05) is 11.3 Å². The van der Waals surface area contributed by atoms with Crippen molar-refractivity contribution < 1.29 is 24.0 Å². The molecule has 0 aliphatic heterocycles. The van der Waals surface area contributed by atoms with Gasteiger partial charge in [-0.1, -0.05) is 91.0 Å². The number of halogens is 1. The zero-order valence-corrected chi connectivity index (χ0v) is 23.8. The Kier molecular flexibility index (Phi) is 8.96. The number of aromatic nitrogens is 1. The van der Waals surface area contributed by atoms with E-state index in [1.165, 1.54) is 25.6 Å². The van der Waals surface area contributed by atoms with Crippen molar-refractivity contribution in [2.24, 2.45) is 0 Å². The Morgan fingerprint density at radius 1 is 0.686 bits per heavy atom. The number of hydrogen-bond acceptors (Lipinski definition) is 3. The van der Waals surface area contributed by atoms with Crippen LogP contribution in [0, 0.1) is 0 Å². The third-order valence-electron chi connectivity index (χ3n) is 5.68. The van der Waals surface area contributed by atoms with E-state index in [0.29, 0.717) is 0 Å². The molecule has 0 amide bonds. The van der Waals surface area contributed by atoms with Crippen molar-refractivity contribution in [3.8, 4) is 10.6 Å². The second-order valence-electron chi connectivity index (χ2n) is 7.77. The number of thioether (sulfide) groups is 1. The minimum absolute atomic E-state index is 0. The average Bonchev–Trinajstić information content (AvgIpc) is 3.35. The molecule has 0 aliphatic rings. The van der Waals surface area contributed by atoms with Gasteiger partial charge in [-0.05, 0) is 36.4 Å². The van der Waals surface area contributed by atoms with Crippen LogP contribution in [0.15, 0.2) is 138 Å². The molecular weight excluding hydrogens is 596 g/mol. The lowest BCUT2D eigenvalue weighted by molar-refractivity contribution is -0.00000644. The summed E-state index contributed by atoms with van der Waals surface area (Å²) >= 11 is 3.63. The summed E-state index contributed by atoms with van der Waals surface area (Å²) in [5.74, 6) is 0.849. The Labute approximate surface area is 233 Å². The highest BCUT2D eigenvalue weighted by Gasteiger charge is 2.52. The van der Waals surface area contributed by atoms with Gasteiger partial charge in [-0.15, -0.1) is 29.7 Å². The Hall–Kier alpha value is -2.24. The van der Waals surface area contributed by atoms with Crippen LogP contribution in [0.2, 0.25) is 0 Å². The Bertz CT molecular complexity index is 1260. The van der Waals surface area contributed by atoms with Gasteiger partial charge in [-0.25, -0.2) is 0 Å². The van der Waals surface area contributed by atoms with Gasteiger partial charge in [0.25, 0.3) is 0 Å². The van der Waals surface area contributed by atoms with E-state index in [2.05, 4.69) is 128 Å². The zero-order chi connectivity index (χ0) is 23.2. The van der Waals surface area contributed by atoms with E-state index >= 15 is 0 Å². The summed E-state index contributed by atoms with van der Waals surface area (Å²) in [6, 6.07) is 43.4. The third kappa shape index (κ3) is 5.17. The van der Waals surface area contributed by atoms with Crippen LogP contribution in [0.25, 0.3) is 10.6 Å². The molecule has 0 atom stereocenters. The van der Waals surface area contributed by atoms with E-state index in [0.717, 1.165) is 16.3 Å². The highest BCUT2D eigenvalue weighted by Crippen LogP contribution is 2.56. The first-order chi connectivity index (χ1) is 16.8. The molecule has 0 fully saturated rings. The molecule has 0 N–H and O–H groups in total. The van der Waals surface area contributed by atoms with Crippen molar-refractivity contribution in [3.05, 3.63) is 134 Å². The van der Waals surface area contributed by atoms with Gasteiger partial charge in [-0.3, -0.25) is 0 Å².